The molecular weight excluding hydrogens is 811 g/mol. The van der Waals surface area contributed by atoms with E-state index in [4.69, 9.17) is 4.74 Å². The summed E-state index contributed by atoms with van der Waals surface area (Å²) in [5.41, 5.74) is 1.10. The molecule has 16 heteroatoms. The zero-order valence-electron chi connectivity index (χ0n) is 27.8. The standard InChI is InChI=1S/C32H43BrF2IN5O7/c1-31(2,3)25(39-30(47)48-7)27(43)37-23(12-17-8-10-19(36)11-9-17)24(42)16-41(15-20-21(34)13-18(33)14-22(20)35)40-28(44)26(32(4,5)6)38-29(45)46/h8-11,13-14,23-26,38,42H,12,15-16H2,1-7H3,(H,37,43)(H,39,47)(H,40,44)(H,45,46). The summed E-state index contributed by atoms with van der Waals surface area (Å²) in [6.07, 6.45) is -3.69. The lowest BCUT2D eigenvalue weighted by atomic mass is 9.85. The van der Waals surface area contributed by atoms with Gasteiger partial charge in [-0.25, -0.2) is 23.4 Å². The molecule has 0 radical (unpaired) electrons. The zero-order chi connectivity index (χ0) is 36.6. The van der Waals surface area contributed by atoms with Gasteiger partial charge in [-0.3, -0.25) is 15.0 Å². The van der Waals surface area contributed by atoms with Gasteiger partial charge in [0.2, 0.25) is 5.91 Å². The molecule has 0 bridgehead atoms. The van der Waals surface area contributed by atoms with Gasteiger partial charge in [-0.05, 0) is 69.7 Å². The van der Waals surface area contributed by atoms with Gasteiger partial charge in [0.25, 0.3) is 5.91 Å². The number of halogens is 4. The number of methoxy groups -OCH3 is 1. The van der Waals surface area contributed by atoms with E-state index in [0.29, 0.717) is 0 Å². The smallest absolute Gasteiger partial charge is 0.407 e. The van der Waals surface area contributed by atoms with Crippen LogP contribution in [0.3, 0.4) is 0 Å². The number of amides is 4. The number of benzene rings is 2. The summed E-state index contributed by atoms with van der Waals surface area (Å²) in [7, 11) is 1.16. The molecule has 0 aromatic heterocycles. The number of hydrogen-bond acceptors (Lipinski definition) is 7. The van der Waals surface area contributed by atoms with Gasteiger partial charge in [0, 0.05) is 26.7 Å². The fourth-order valence-electron chi connectivity index (χ4n) is 4.71. The predicted molar refractivity (Wildman–Crippen MR) is 187 cm³/mol. The molecule has 12 nitrogen and oxygen atoms in total. The van der Waals surface area contributed by atoms with Gasteiger partial charge in [-0.15, -0.1) is 0 Å². The van der Waals surface area contributed by atoms with Crippen LogP contribution in [0.5, 0.6) is 0 Å². The van der Waals surface area contributed by atoms with Crippen molar-refractivity contribution in [3.05, 3.63) is 67.2 Å². The summed E-state index contributed by atoms with van der Waals surface area (Å²) in [6.45, 7) is 9.03. The minimum absolute atomic E-state index is 0.0902. The Morgan fingerprint density at radius 2 is 1.44 bits per heavy atom. The Balaban J connectivity index is 2.53. The molecule has 6 N–H and O–H groups in total. The van der Waals surface area contributed by atoms with Crippen molar-refractivity contribution in [3.63, 3.8) is 0 Å². The van der Waals surface area contributed by atoms with Crippen molar-refractivity contribution < 1.29 is 42.9 Å². The third kappa shape index (κ3) is 12.7. The monoisotopic (exact) mass is 853 g/mol. The lowest BCUT2D eigenvalue weighted by Crippen LogP contribution is -2.60. The van der Waals surface area contributed by atoms with Crippen LogP contribution in [-0.2, 0) is 27.3 Å². The van der Waals surface area contributed by atoms with Gasteiger partial charge in [0.05, 0.1) is 19.3 Å². The second-order valence-corrected chi connectivity index (χ2v) is 15.6. The zero-order valence-corrected chi connectivity index (χ0v) is 31.5. The Morgan fingerprint density at radius 3 is 1.92 bits per heavy atom. The van der Waals surface area contributed by atoms with Crippen molar-refractivity contribution in [3.8, 4) is 0 Å². The summed E-state index contributed by atoms with van der Waals surface area (Å²) < 4.78 is 35.8. The van der Waals surface area contributed by atoms with Crippen LogP contribution < -0.4 is 21.4 Å². The van der Waals surface area contributed by atoms with Crippen LogP contribution in [0.1, 0.15) is 52.7 Å². The fourth-order valence-corrected chi connectivity index (χ4v) is 5.47. The number of aliphatic hydroxyl groups is 1. The van der Waals surface area contributed by atoms with E-state index < -0.39 is 89.3 Å². The maximum Gasteiger partial charge on any atom is 0.407 e. The molecule has 4 unspecified atom stereocenters. The number of rotatable bonds is 13. The quantitative estimate of drug-likeness (QED) is 0.125. The highest BCUT2D eigenvalue weighted by atomic mass is 127. The summed E-state index contributed by atoms with van der Waals surface area (Å²) >= 11 is 5.17. The first-order valence-electron chi connectivity index (χ1n) is 14.9. The van der Waals surface area contributed by atoms with Gasteiger partial charge >= 0.3 is 12.2 Å². The van der Waals surface area contributed by atoms with Gasteiger partial charge in [0.1, 0.15) is 23.7 Å². The van der Waals surface area contributed by atoms with Crippen molar-refractivity contribution in [1.29, 1.82) is 0 Å². The van der Waals surface area contributed by atoms with E-state index in [2.05, 4.69) is 59.9 Å². The second-order valence-electron chi connectivity index (χ2n) is 13.4. The maximum absolute atomic E-state index is 15.0. The van der Waals surface area contributed by atoms with E-state index >= 15 is 0 Å². The fraction of sp³-hybridized carbons (Fsp3) is 0.500. The molecular formula is C32H43BrF2IN5O7. The number of hydrazine groups is 1. The van der Waals surface area contributed by atoms with Gasteiger partial charge < -0.3 is 30.9 Å². The van der Waals surface area contributed by atoms with E-state index in [0.717, 1.165) is 33.4 Å². The van der Waals surface area contributed by atoms with E-state index in [1.54, 1.807) is 53.7 Å². The molecule has 0 heterocycles. The van der Waals surface area contributed by atoms with Crippen molar-refractivity contribution in [1.82, 2.24) is 26.4 Å². The second kappa shape index (κ2) is 17.5. The van der Waals surface area contributed by atoms with Crippen LogP contribution in [0.4, 0.5) is 18.4 Å². The van der Waals surface area contributed by atoms with Crippen molar-refractivity contribution >= 4 is 62.5 Å². The normalized spacial score (nSPS) is 14.4. The Hall–Kier alpha value is -3.09. The SMILES string of the molecule is COC(=O)NC(C(=O)NC(Cc1ccc(I)cc1)C(O)CN(Cc1c(F)cc(Br)cc1F)NC(=O)C(NC(=O)O)C(C)(C)C)C(C)(C)C. The molecule has 0 aliphatic rings. The number of carboxylic acid groups (broad SMARTS) is 1. The Bertz CT molecular complexity index is 1430. The van der Waals surface area contributed by atoms with Crippen LogP contribution in [0.2, 0.25) is 0 Å². The molecule has 0 saturated carbocycles. The number of alkyl carbamates (subject to hydrolysis) is 1. The van der Waals surface area contributed by atoms with E-state index in [-0.39, 0.29) is 10.9 Å². The molecule has 4 atom stereocenters. The number of carbonyl (C=O) groups excluding carboxylic acids is 3. The van der Waals surface area contributed by atoms with Crippen molar-refractivity contribution in [2.45, 2.75) is 78.7 Å². The first-order chi connectivity index (χ1) is 22.1. The lowest BCUT2D eigenvalue weighted by Gasteiger charge is -2.35. The number of carbonyl (C=O) groups is 4. The molecule has 0 fully saturated rings. The van der Waals surface area contributed by atoms with Gasteiger partial charge in [-0.1, -0.05) is 69.6 Å². The number of nitrogens with zero attached hydrogens (tertiary/aromatic N) is 1. The van der Waals surface area contributed by atoms with Gasteiger partial charge in [0.15, 0.2) is 0 Å². The molecule has 0 aliphatic heterocycles. The van der Waals surface area contributed by atoms with E-state index in [1.165, 1.54) is 0 Å². The van der Waals surface area contributed by atoms with Crippen LogP contribution in [-0.4, -0.2) is 77.1 Å². The molecule has 2 rings (SSSR count). The molecule has 48 heavy (non-hydrogen) atoms. The molecule has 2 aromatic rings. The first kappa shape index (κ1) is 41.1. The number of ether oxygens (including phenoxy) is 1. The molecule has 266 valence electrons. The van der Waals surface area contributed by atoms with Crippen molar-refractivity contribution in [2.24, 2.45) is 10.8 Å². The van der Waals surface area contributed by atoms with Crippen LogP contribution in [0.25, 0.3) is 0 Å². The minimum Gasteiger partial charge on any atom is -0.465 e. The minimum atomic E-state index is -1.48. The van der Waals surface area contributed by atoms with Gasteiger partial charge in [-0.2, -0.15) is 0 Å². The molecule has 2 aromatic carbocycles. The van der Waals surface area contributed by atoms with Crippen LogP contribution in [0.15, 0.2) is 40.9 Å². The van der Waals surface area contributed by atoms with E-state index in [1.807, 2.05) is 12.1 Å². The first-order valence-corrected chi connectivity index (χ1v) is 16.7. The number of nitrogens with one attached hydrogen (secondary N) is 4. The Kier molecular flexibility index (Phi) is 15.0. The predicted octanol–water partition coefficient (Wildman–Crippen LogP) is 4.71. The lowest BCUT2D eigenvalue weighted by molar-refractivity contribution is -0.132. The molecule has 4 amide bonds. The summed E-state index contributed by atoms with van der Waals surface area (Å²) in [5, 5.41) is 29.6. The molecule has 0 spiro atoms. The maximum atomic E-state index is 15.0. The summed E-state index contributed by atoms with van der Waals surface area (Å²) in [5.74, 6) is -3.35. The van der Waals surface area contributed by atoms with E-state index in [9.17, 15) is 38.2 Å². The molecule has 0 saturated heterocycles. The highest BCUT2D eigenvalue weighted by molar-refractivity contribution is 14.1. The Morgan fingerprint density at radius 1 is 0.917 bits per heavy atom. The van der Waals surface area contributed by atoms with Crippen LogP contribution in [0, 0.1) is 26.0 Å². The number of hydrogen-bond donors (Lipinski definition) is 6. The average Bonchev–Trinajstić information content (AvgIpc) is 2.95. The largest absolute Gasteiger partial charge is 0.465 e. The highest BCUT2D eigenvalue weighted by Gasteiger charge is 2.37. The number of aliphatic hydroxyl groups excluding tert-OH is 1. The topological polar surface area (TPSA) is 169 Å². The van der Waals surface area contributed by atoms with Crippen LogP contribution >= 0.6 is 38.5 Å². The highest BCUT2D eigenvalue weighted by Crippen LogP contribution is 2.24. The third-order valence-corrected chi connectivity index (χ3v) is 8.44. The van der Waals surface area contributed by atoms with Crippen molar-refractivity contribution in [2.75, 3.05) is 13.7 Å². The Labute approximate surface area is 301 Å². The summed E-state index contributed by atoms with van der Waals surface area (Å²) in [4.78, 5) is 50.7. The molecule has 0 aliphatic carbocycles. The average molecular weight is 855 g/mol. The summed E-state index contributed by atoms with van der Waals surface area (Å²) in [6, 6.07) is 5.94. The third-order valence-electron chi connectivity index (χ3n) is 7.26.